The number of nitrogens with zero attached hydrogens (tertiary/aromatic N) is 1. The van der Waals surface area contributed by atoms with E-state index in [0.717, 1.165) is 5.92 Å². The molecule has 1 atom stereocenters. The molecule has 1 unspecified atom stereocenters. The van der Waals surface area contributed by atoms with E-state index in [1.165, 1.54) is 89.3 Å². The van der Waals surface area contributed by atoms with Crippen LogP contribution in [-0.2, 0) is 6.42 Å². The van der Waals surface area contributed by atoms with Gasteiger partial charge in [0.05, 0.1) is 0 Å². The first-order chi connectivity index (χ1) is 12.6. The van der Waals surface area contributed by atoms with Crippen molar-refractivity contribution >= 4 is 5.69 Å². The lowest BCUT2D eigenvalue weighted by atomic mass is 9.71. The lowest BCUT2D eigenvalue weighted by molar-refractivity contribution is 0.181. The molecule has 148 valence electrons. The fourth-order valence-electron chi connectivity index (χ4n) is 5.41. The molecule has 0 radical (unpaired) electrons. The van der Waals surface area contributed by atoms with Crippen LogP contribution in [0.2, 0.25) is 0 Å². The van der Waals surface area contributed by atoms with Gasteiger partial charge in [-0.25, -0.2) is 0 Å². The molecule has 1 heterocycles. The van der Waals surface area contributed by atoms with E-state index in [4.69, 9.17) is 0 Å². The Morgan fingerprint density at radius 2 is 1.58 bits per heavy atom. The molecule has 0 N–H and O–H groups in total. The summed E-state index contributed by atoms with van der Waals surface area (Å²) in [6.45, 7) is 8.35. The van der Waals surface area contributed by atoms with E-state index in [0.29, 0.717) is 5.41 Å². The van der Waals surface area contributed by atoms with Gasteiger partial charge in [-0.15, -0.1) is 0 Å². The highest BCUT2D eigenvalue weighted by Crippen LogP contribution is 2.41. The van der Waals surface area contributed by atoms with Crippen molar-refractivity contribution in [2.75, 3.05) is 18.5 Å². The summed E-state index contributed by atoms with van der Waals surface area (Å²) in [5, 5.41) is 0. The second-order valence-electron chi connectivity index (χ2n) is 8.93. The van der Waals surface area contributed by atoms with Gasteiger partial charge in [-0.3, -0.25) is 0 Å². The molecule has 0 saturated heterocycles. The Morgan fingerprint density at radius 1 is 0.885 bits per heavy atom. The number of hydrogen-bond donors (Lipinski definition) is 0. The van der Waals surface area contributed by atoms with Crippen LogP contribution < -0.4 is 4.90 Å². The summed E-state index contributed by atoms with van der Waals surface area (Å²) in [6, 6.07) is 8.99. The van der Waals surface area contributed by atoms with E-state index in [1.807, 2.05) is 0 Å². The maximum absolute atomic E-state index is 2.48. The molecule has 0 aliphatic carbocycles. The van der Waals surface area contributed by atoms with Gasteiger partial charge < -0.3 is 4.90 Å². The maximum Gasteiger partial charge on any atom is 0.0396 e. The van der Waals surface area contributed by atoms with Gasteiger partial charge >= 0.3 is 0 Å². The first-order valence-corrected chi connectivity index (χ1v) is 11.4. The second-order valence-corrected chi connectivity index (χ2v) is 8.93. The smallest absolute Gasteiger partial charge is 0.0396 e. The van der Waals surface area contributed by atoms with Crippen molar-refractivity contribution in [2.45, 2.75) is 97.8 Å². The van der Waals surface area contributed by atoms with Gasteiger partial charge in [-0.1, -0.05) is 77.5 Å². The van der Waals surface area contributed by atoms with E-state index in [9.17, 15) is 0 Å². The van der Waals surface area contributed by atoms with Crippen molar-refractivity contribution in [1.82, 2.24) is 0 Å². The van der Waals surface area contributed by atoms with Crippen LogP contribution in [0, 0.1) is 11.3 Å². The molecule has 1 aliphatic rings. The number of benzene rings is 1. The lowest BCUT2D eigenvalue weighted by Gasteiger charge is -2.35. The Balaban J connectivity index is 1.82. The minimum atomic E-state index is 0.648. The molecule has 0 spiro atoms. The molecule has 0 bridgehead atoms. The summed E-state index contributed by atoms with van der Waals surface area (Å²) in [7, 11) is 2.27. The van der Waals surface area contributed by atoms with Crippen LogP contribution in [-0.4, -0.2) is 13.6 Å². The summed E-state index contributed by atoms with van der Waals surface area (Å²) < 4.78 is 0. The zero-order valence-electron chi connectivity index (χ0n) is 18.0. The molecule has 0 fully saturated rings. The summed E-state index contributed by atoms with van der Waals surface area (Å²) in [5.74, 6) is 0.845. The van der Waals surface area contributed by atoms with Crippen molar-refractivity contribution in [3.05, 3.63) is 29.8 Å². The second kappa shape index (κ2) is 11.0. The number of hydrogen-bond acceptors (Lipinski definition) is 1. The molecule has 1 aliphatic heterocycles. The fourth-order valence-corrected chi connectivity index (χ4v) is 5.41. The monoisotopic (exact) mass is 357 g/mol. The molecule has 1 aromatic carbocycles. The third kappa shape index (κ3) is 6.03. The van der Waals surface area contributed by atoms with Gasteiger partial charge in [0.25, 0.3) is 0 Å². The highest BCUT2D eigenvalue weighted by atomic mass is 15.1. The minimum Gasteiger partial charge on any atom is -0.374 e. The van der Waals surface area contributed by atoms with Gasteiger partial charge in [0, 0.05) is 19.3 Å². The predicted molar refractivity (Wildman–Crippen MR) is 117 cm³/mol. The first-order valence-electron chi connectivity index (χ1n) is 11.4. The van der Waals surface area contributed by atoms with Crippen LogP contribution in [0.3, 0.4) is 0 Å². The third-order valence-corrected chi connectivity index (χ3v) is 6.63. The average Bonchev–Trinajstić information content (AvgIpc) is 2.64. The molecule has 26 heavy (non-hydrogen) atoms. The molecule has 0 amide bonds. The largest absolute Gasteiger partial charge is 0.374 e. The van der Waals surface area contributed by atoms with Crippen molar-refractivity contribution in [3.63, 3.8) is 0 Å². The van der Waals surface area contributed by atoms with Crippen molar-refractivity contribution in [1.29, 1.82) is 0 Å². The zero-order chi connectivity index (χ0) is 18.8. The van der Waals surface area contributed by atoms with Gasteiger partial charge in [-0.2, -0.15) is 0 Å². The predicted octanol–water partition coefficient (Wildman–Crippen LogP) is 7.63. The molecular formula is C25H43N. The number of para-hydroxylation sites is 1. The topological polar surface area (TPSA) is 3.24 Å². The van der Waals surface area contributed by atoms with E-state index < -0.39 is 0 Å². The quantitative estimate of drug-likeness (QED) is 0.347. The fraction of sp³-hybridized carbons (Fsp3) is 0.760. The van der Waals surface area contributed by atoms with Crippen LogP contribution in [0.5, 0.6) is 0 Å². The Morgan fingerprint density at radius 3 is 2.27 bits per heavy atom. The molecule has 1 heteroatoms. The summed E-state index contributed by atoms with van der Waals surface area (Å²) in [4.78, 5) is 2.48. The summed E-state index contributed by atoms with van der Waals surface area (Å²) in [5.41, 5.74) is 3.66. The Bertz CT molecular complexity index is 501. The standard InChI is InChI=1S/C25H43N/c1-5-8-18-25(16-6-2,17-7-3)19-12-11-13-22-20-23-14-9-10-15-24(23)26(4)21-22/h9-10,14-15,22H,5-8,11-13,16-21H2,1-4H3. The lowest BCUT2D eigenvalue weighted by Crippen LogP contribution is -2.32. The summed E-state index contributed by atoms with van der Waals surface area (Å²) >= 11 is 0. The van der Waals surface area contributed by atoms with Crippen LogP contribution in [0.4, 0.5) is 5.69 Å². The Labute approximate surface area is 163 Å². The summed E-state index contributed by atoms with van der Waals surface area (Å²) in [6.07, 6.45) is 16.8. The van der Waals surface area contributed by atoms with Gasteiger partial charge in [-0.05, 0) is 61.5 Å². The number of rotatable bonds is 12. The highest BCUT2D eigenvalue weighted by molar-refractivity contribution is 5.55. The van der Waals surface area contributed by atoms with Crippen molar-refractivity contribution < 1.29 is 0 Å². The van der Waals surface area contributed by atoms with Crippen LogP contribution in [0.15, 0.2) is 24.3 Å². The number of unbranched alkanes of at least 4 members (excludes halogenated alkanes) is 2. The average molecular weight is 358 g/mol. The highest BCUT2D eigenvalue weighted by Gasteiger charge is 2.27. The van der Waals surface area contributed by atoms with Crippen molar-refractivity contribution in [3.8, 4) is 0 Å². The molecule has 1 nitrogen and oxygen atoms in total. The number of anilines is 1. The zero-order valence-corrected chi connectivity index (χ0v) is 18.0. The van der Waals surface area contributed by atoms with Gasteiger partial charge in [0.15, 0.2) is 0 Å². The van der Waals surface area contributed by atoms with Gasteiger partial charge in [0.2, 0.25) is 0 Å². The van der Waals surface area contributed by atoms with Crippen LogP contribution in [0.25, 0.3) is 0 Å². The third-order valence-electron chi connectivity index (χ3n) is 6.63. The van der Waals surface area contributed by atoms with Gasteiger partial charge in [0.1, 0.15) is 0 Å². The molecule has 0 saturated carbocycles. The Kier molecular flexibility index (Phi) is 9.02. The SMILES string of the molecule is CCCCC(CCC)(CCC)CCCCC1Cc2ccccc2N(C)C1. The number of fused-ring (bicyclic) bond motifs is 1. The normalized spacial score (nSPS) is 17.4. The van der Waals surface area contributed by atoms with Crippen molar-refractivity contribution in [2.24, 2.45) is 11.3 Å². The minimum absolute atomic E-state index is 0.648. The molecule has 0 aromatic heterocycles. The van der Waals surface area contributed by atoms with Crippen LogP contribution >= 0.6 is 0 Å². The molecular weight excluding hydrogens is 314 g/mol. The van der Waals surface area contributed by atoms with E-state index >= 15 is 0 Å². The first kappa shape index (κ1) is 21.3. The maximum atomic E-state index is 2.48. The van der Waals surface area contributed by atoms with E-state index in [2.05, 4.69) is 57.0 Å². The Hall–Kier alpha value is -0.980. The van der Waals surface area contributed by atoms with E-state index in [1.54, 1.807) is 5.56 Å². The van der Waals surface area contributed by atoms with E-state index in [-0.39, 0.29) is 0 Å². The molecule has 2 rings (SSSR count). The molecule has 1 aromatic rings. The van der Waals surface area contributed by atoms with Crippen LogP contribution in [0.1, 0.15) is 97.0 Å².